The van der Waals surface area contributed by atoms with Gasteiger partial charge in [0.1, 0.15) is 5.60 Å². The average Bonchev–Trinajstić information content (AvgIpc) is 2.66. The molecule has 0 fully saturated rings. The Bertz CT molecular complexity index is 575. The first-order valence-corrected chi connectivity index (χ1v) is 7.48. The highest BCUT2D eigenvalue weighted by atomic mass is 16.6. The molecule has 0 bridgehead atoms. The summed E-state index contributed by atoms with van der Waals surface area (Å²) in [5.41, 5.74) is 2.19. The summed E-state index contributed by atoms with van der Waals surface area (Å²) in [5.74, 6) is -0.337. The number of nitrogens with zero attached hydrogens (tertiary/aromatic N) is 1. The van der Waals surface area contributed by atoms with Gasteiger partial charge >= 0.3 is 12.1 Å². The molecular formula is C17H23NO4. The predicted molar refractivity (Wildman–Crippen MR) is 82.7 cm³/mol. The number of amides is 1. The summed E-state index contributed by atoms with van der Waals surface area (Å²) in [6, 6.07) is 5.49. The number of carbonyl (C=O) groups excluding carboxylic acids is 2. The zero-order valence-electron chi connectivity index (χ0n) is 13.6. The maximum atomic E-state index is 12.2. The van der Waals surface area contributed by atoms with Crippen LogP contribution in [0.15, 0.2) is 18.2 Å². The normalized spacial score (nSPS) is 14.8. The van der Waals surface area contributed by atoms with Gasteiger partial charge in [0.2, 0.25) is 0 Å². The van der Waals surface area contributed by atoms with E-state index in [-0.39, 0.29) is 12.1 Å². The van der Waals surface area contributed by atoms with Crippen molar-refractivity contribution < 1.29 is 19.1 Å². The standard InChI is InChI=1S/C17H23NO4/c1-17(2,3)22-16(20)18-9-5-6-12-10-13(15(19)21-4)7-8-14(12)11-18/h7-8,10H,5-6,9,11H2,1-4H3. The molecule has 22 heavy (non-hydrogen) atoms. The summed E-state index contributed by atoms with van der Waals surface area (Å²) in [6.45, 7) is 6.74. The van der Waals surface area contributed by atoms with Gasteiger partial charge in [0, 0.05) is 13.1 Å². The second-order valence-corrected chi connectivity index (χ2v) is 6.48. The molecular weight excluding hydrogens is 282 g/mol. The molecule has 0 saturated carbocycles. The summed E-state index contributed by atoms with van der Waals surface area (Å²) in [7, 11) is 1.37. The van der Waals surface area contributed by atoms with E-state index in [4.69, 9.17) is 9.47 Å². The maximum absolute atomic E-state index is 12.2. The minimum Gasteiger partial charge on any atom is -0.465 e. The van der Waals surface area contributed by atoms with Crippen molar-refractivity contribution in [2.45, 2.75) is 45.8 Å². The number of hydrogen-bond acceptors (Lipinski definition) is 4. The highest BCUT2D eigenvalue weighted by Crippen LogP contribution is 2.22. The second kappa shape index (κ2) is 6.38. The van der Waals surface area contributed by atoms with Crippen molar-refractivity contribution in [2.75, 3.05) is 13.7 Å². The van der Waals surface area contributed by atoms with Gasteiger partial charge in [-0.25, -0.2) is 9.59 Å². The topological polar surface area (TPSA) is 55.8 Å². The molecule has 1 amide bonds. The van der Waals surface area contributed by atoms with Crippen LogP contribution in [0.1, 0.15) is 48.7 Å². The highest BCUT2D eigenvalue weighted by molar-refractivity contribution is 5.89. The van der Waals surface area contributed by atoms with Gasteiger partial charge in [-0.15, -0.1) is 0 Å². The highest BCUT2D eigenvalue weighted by Gasteiger charge is 2.24. The first kappa shape index (κ1) is 16.3. The Kier molecular flexibility index (Phi) is 4.74. The summed E-state index contributed by atoms with van der Waals surface area (Å²) < 4.78 is 10.2. The Balaban J connectivity index is 2.17. The van der Waals surface area contributed by atoms with Gasteiger partial charge in [-0.2, -0.15) is 0 Å². The molecule has 0 aromatic heterocycles. The SMILES string of the molecule is COC(=O)c1ccc2c(c1)CCCN(C(=O)OC(C)(C)C)C2. The fraction of sp³-hybridized carbons (Fsp3) is 0.529. The maximum Gasteiger partial charge on any atom is 0.410 e. The zero-order valence-corrected chi connectivity index (χ0v) is 13.6. The summed E-state index contributed by atoms with van der Waals surface area (Å²) >= 11 is 0. The van der Waals surface area contributed by atoms with Crippen LogP contribution < -0.4 is 0 Å². The van der Waals surface area contributed by atoms with E-state index in [1.165, 1.54) is 7.11 Å². The van der Waals surface area contributed by atoms with Crippen molar-refractivity contribution in [2.24, 2.45) is 0 Å². The van der Waals surface area contributed by atoms with Crippen molar-refractivity contribution >= 4 is 12.1 Å². The number of rotatable bonds is 1. The van der Waals surface area contributed by atoms with E-state index < -0.39 is 5.60 Å². The van der Waals surface area contributed by atoms with Crippen molar-refractivity contribution in [1.82, 2.24) is 4.90 Å². The van der Waals surface area contributed by atoms with Gasteiger partial charge < -0.3 is 14.4 Å². The molecule has 0 N–H and O–H groups in total. The number of ether oxygens (including phenoxy) is 2. The number of benzene rings is 1. The van der Waals surface area contributed by atoms with Crippen molar-refractivity contribution in [3.8, 4) is 0 Å². The smallest absolute Gasteiger partial charge is 0.410 e. The summed E-state index contributed by atoms with van der Waals surface area (Å²) in [5, 5.41) is 0. The molecule has 120 valence electrons. The second-order valence-electron chi connectivity index (χ2n) is 6.48. The Morgan fingerprint density at radius 3 is 2.55 bits per heavy atom. The first-order valence-electron chi connectivity index (χ1n) is 7.48. The quantitative estimate of drug-likeness (QED) is 0.748. The van der Waals surface area contributed by atoms with E-state index in [1.54, 1.807) is 11.0 Å². The van der Waals surface area contributed by atoms with Crippen LogP contribution >= 0.6 is 0 Å². The van der Waals surface area contributed by atoms with Gasteiger partial charge in [0.05, 0.1) is 12.7 Å². The van der Waals surface area contributed by atoms with Crippen LogP contribution in [0.2, 0.25) is 0 Å². The fourth-order valence-electron chi connectivity index (χ4n) is 2.49. The van der Waals surface area contributed by atoms with Gasteiger partial charge in [-0.1, -0.05) is 6.07 Å². The van der Waals surface area contributed by atoms with Gasteiger partial charge in [0.25, 0.3) is 0 Å². The molecule has 0 unspecified atom stereocenters. The van der Waals surface area contributed by atoms with Crippen LogP contribution in [0.4, 0.5) is 4.79 Å². The van der Waals surface area contributed by atoms with Crippen LogP contribution in [0.3, 0.4) is 0 Å². The zero-order chi connectivity index (χ0) is 16.3. The van der Waals surface area contributed by atoms with Crippen molar-refractivity contribution in [3.05, 3.63) is 34.9 Å². The van der Waals surface area contributed by atoms with Crippen LogP contribution in [0.5, 0.6) is 0 Å². The van der Waals surface area contributed by atoms with Gasteiger partial charge in [-0.3, -0.25) is 0 Å². The largest absolute Gasteiger partial charge is 0.465 e. The third-order valence-corrected chi connectivity index (χ3v) is 3.51. The Labute approximate surface area is 131 Å². The number of carbonyl (C=O) groups is 2. The molecule has 0 radical (unpaired) electrons. The molecule has 1 aromatic carbocycles. The monoisotopic (exact) mass is 305 g/mol. The number of esters is 1. The molecule has 1 heterocycles. The minimum atomic E-state index is -0.499. The lowest BCUT2D eigenvalue weighted by Crippen LogP contribution is -2.36. The predicted octanol–water partition coefficient (Wildman–Crippen LogP) is 3.16. The molecule has 1 aliphatic heterocycles. The number of aryl methyl sites for hydroxylation is 1. The fourth-order valence-corrected chi connectivity index (χ4v) is 2.49. The number of hydrogen-bond donors (Lipinski definition) is 0. The van der Waals surface area contributed by atoms with Crippen LogP contribution in [0.25, 0.3) is 0 Å². The van der Waals surface area contributed by atoms with E-state index in [2.05, 4.69) is 0 Å². The van der Waals surface area contributed by atoms with Crippen LogP contribution in [0, 0.1) is 0 Å². The molecule has 1 aromatic rings. The average molecular weight is 305 g/mol. The summed E-state index contributed by atoms with van der Waals surface area (Å²) in [6.07, 6.45) is 1.38. The van der Waals surface area contributed by atoms with E-state index in [0.29, 0.717) is 18.7 Å². The van der Waals surface area contributed by atoms with E-state index in [0.717, 1.165) is 24.0 Å². The molecule has 1 aliphatic rings. The Morgan fingerprint density at radius 2 is 1.91 bits per heavy atom. The molecule has 0 spiro atoms. The first-order chi connectivity index (χ1) is 10.3. The van der Waals surface area contributed by atoms with Crippen molar-refractivity contribution in [3.63, 3.8) is 0 Å². The lowest BCUT2D eigenvalue weighted by molar-refractivity contribution is 0.0236. The minimum absolute atomic E-state index is 0.294. The Hall–Kier alpha value is -2.04. The van der Waals surface area contributed by atoms with E-state index >= 15 is 0 Å². The molecule has 2 rings (SSSR count). The van der Waals surface area contributed by atoms with Crippen molar-refractivity contribution in [1.29, 1.82) is 0 Å². The van der Waals surface area contributed by atoms with Gasteiger partial charge in [-0.05, 0) is 56.9 Å². The third-order valence-electron chi connectivity index (χ3n) is 3.51. The van der Waals surface area contributed by atoms with Gasteiger partial charge in [0.15, 0.2) is 0 Å². The van der Waals surface area contributed by atoms with E-state index in [1.807, 2.05) is 32.9 Å². The third kappa shape index (κ3) is 4.00. The lowest BCUT2D eigenvalue weighted by atomic mass is 10.0. The Morgan fingerprint density at radius 1 is 1.18 bits per heavy atom. The summed E-state index contributed by atoms with van der Waals surface area (Å²) in [4.78, 5) is 25.6. The molecule has 0 saturated heterocycles. The number of methoxy groups -OCH3 is 1. The molecule has 5 nitrogen and oxygen atoms in total. The molecule has 5 heteroatoms. The van der Waals surface area contributed by atoms with Crippen LogP contribution in [-0.4, -0.2) is 36.2 Å². The number of fused-ring (bicyclic) bond motifs is 1. The molecule has 0 atom stereocenters. The molecule has 0 aliphatic carbocycles. The lowest BCUT2D eigenvalue weighted by Gasteiger charge is -2.26. The van der Waals surface area contributed by atoms with Crippen LogP contribution in [-0.2, 0) is 22.4 Å². The van der Waals surface area contributed by atoms with E-state index in [9.17, 15) is 9.59 Å².